The number of hydrogen-bond donors (Lipinski definition) is 2. The lowest BCUT2D eigenvalue weighted by Gasteiger charge is -2.31. The first-order valence-corrected chi connectivity index (χ1v) is 9.36. The molecule has 0 spiro atoms. The van der Waals surface area contributed by atoms with E-state index in [1.807, 2.05) is 35.2 Å². The van der Waals surface area contributed by atoms with Gasteiger partial charge in [-0.05, 0) is 54.8 Å². The second-order valence-electron chi connectivity index (χ2n) is 6.70. The molecular weight excluding hydrogens is 366 g/mol. The second kappa shape index (κ2) is 7.48. The van der Waals surface area contributed by atoms with Gasteiger partial charge in [-0.2, -0.15) is 0 Å². The molecule has 2 aromatic carbocycles. The maximum Gasteiger partial charge on any atom is 0.243 e. The molecule has 140 valence electrons. The van der Waals surface area contributed by atoms with Gasteiger partial charge in [0.2, 0.25) is 11.8 Å². The van der Waals surface area contributed by atoms with Crippen molar-refractivity contribution in [2.75, 3.05) is 35.2 Å². The SMILES string of the molecule is O=C1CCc2cc(OCCCN3CC(=O)Nc4ccc(Cl)cc43)ccc2N1. The Morgan fingerprint density at radius 2 is 1.81 bits per heavy atom. The molecule has 0 unspecified atom stereocenters. The van der Waals surface area contributed by atoms with Gasteiger partial charge in [-0.15, -0.1) is 0 Å². The zero-order chi connectivity index (χ0) is 18.8. The molecule has 0 fully saturated rings. The molecule has 2 aromatic rings. The Morgan fingerprint density at radius 3 is 2.70 bits per heavy atom. The van der Waals surface area contributed by atoms with Crippen molar-refractivity contribution < 1.29 is 14.3 Å². The third-order valence-corrected chi connectivity index (χ3v) is 4.96. The molecule has 27 heavy (non-hydrogen) atoms. The Hall–Kier alpha value is -2.73. The first kappa shape index (κ1) is 17.7. The minimum Gasteiger partial charge on any atom is -0.494 e. The van der Waals surface area contributed by atoms with Crippen LogP contribution in [0.25, 0.3) is 0 Å². The quantitative estimate of drug-likeness (QED) is 0.773. The molecule has 0 saturated carbocycles. The molecular formula is C20H20ClN3O3. The molecule has 2 heterocycles. The summed E-state index contributed by atoms with van der Waals surface area (Å²) in [6.07, 6.45) is 2.02. The highest BCUT2D eigenvalue weighted by molar-refractivity contribution is 6.31. The molecule has 0 aromatic heterocycles. The number of carbonyl (C=O) groups excluding carboxylic acids is 2. The van der Waals surface area contributed by atoms with E-state index in [0.29, 0.717) is 31.1 Å². The van der Waals surface area contributed by atoms with E-state index in [1.54, 1.807) is 6.07 Å². The number of halogens is 1. The van der Waals surface area contributed by atoms with Gasteiger partial charge in [-0.1, -0.05) is 11.6 Å². The van der Waals surface area contributed by atoms with Crippen LogP contribution < -0.4 is 20.3 Å². The first-order chi connectivity index (χ1) is 13.1. The molecule has 7 heteroatoms. The molecule has 4 rings (SSSR count). The summed E-state index contributed by atoms with van der Waals surface area (Å²) >= 11 is 6.10. The third kappa shape index (κ3) is 4.01. The van der Waals surface area contributed by atoms with E-state index in [1.165, 1.54) is 0 Å². The number of anilines is 3. The van der Waals surface area contributed by atoms with Crippen molar-refractivity contribution in [1.29, 1.82) is 0 Å². The minimum absolute atomic E-state index is 0.0255. The molecule has 0 aliphatic carbocycles. The summed E-state index contributed by atoms with van der Waals surface area (Å²) in [6, 6.07) is 11.2. The summed E-state index contributed by atoms with van der Waals surface area (Å²) in [7, 11) is 0. The number of nitrogens with one attached hydrogen (secondary N) is 2. The summed E-state index contributed by atoms with van der Waals surface area (Å²) in [4.78, 5) is 25.3. The molecule has 2 aliphatic rings. The summed E-state index contributed by atoms with van der Waals surface area (Å²) < 4.78 is 5.86. The van der Waals surface area contributed by atoms with E-state index < -0.39 is 0 Å². The molecule has 6 nitrogen and oxygen atoms in total. The lowest BCUT2D eigenvalue weighted by molar-refractivity contribution is -0.116. The van der Waals surface area contributed by atoms with E-state index in [4.69, 9.17) is 16.3 Å². The predicted octanol–water partition coefficient (Wildman–Crippen LogP) is 3.45. The van der Waals surface area contributed by atoms with E-state index in [0.717, 1.165) is 41.2 Å². The molecule has 0 atom stereocenters. The largest absolute Gasteiger partial charge is 0.494 e. The van der Waals surface area contributed by atoms with Crippen LogP contribution in [0.5, 0.6) is 5.75 Å². The van der Waals surface area contributed by atoms with Crippen LogP contribution in [0.15, 0.2) is 36.4 Å². The van der Waals surface area contributed by atoms with Crippen LogP contribution in [0, 0.1) is 0 Å². The fourth-order valence-corrected chi connectivity index (χ4v) is 3.58. The van der Waals surface area contributed by atoms with Gasteiger partial charge >= 0.3 is 0 Å². The van der Waals surface area contributed by atoms with Gasteiger partial charge in [0.05, 0.1) is 24.5 Å². The number of benzene rings is 2. The average Bonchev–Trinajstić information content (AvgIpc) is 2.65. The lowest BCUT2D eigenvalue weighted by Crippen LogP contribution is -2.39. The zero-order valence-electron chi connectivity index (χ0n) is 14.8. The van der Waals surface area contributed by atoms with Gasteiger partial charge in [0.1, 0.15) is 5.75 Å². The molecule has 0 radical (unpaired) electrons. The Balaban J connectivity index is 1.34. The fraction of sp³-hybridized carbons (Fsp3) is 0.300. The van der Waals surface area contributed by atoms with Crippen LogP contribution >= 0.6 is 11.6 Å². The summed E-state index contributed by atoms with van der Waals surface area (Å²) in [5, 5.41) is 6.38. The third-order valence-electron chi connectivity index (χ3n) is 4.72. The van der Waals surface area contributed by atoms with E-state index >= 15 is 0 Å². The van der Waals surface area contributed by atoms with Crippen LogP contribution in [0.4, 0.5) is 17.1 Å². The number of nitrogens with zero attached hydrogens (tertiary/aromatic N) is 1. The molecule has 2 aliphatic heterocycles. The number of aryl methyl sites for hydroxylation is 1. The topological polar surface area (TPSA) is 70.7 Å². The van der Waals surface area contributed by atoms with Crippen molar-refractivity contribution in [1.82, 2.24) is 0 Å². The number of carbonyl (C=O) groups is 2. The summed E-state index contributed by atoms with van der Waals surface area (Å²) in [5.74, 6) is 0.828. The normalized spacial score (nSPS) is 15.5. The van der Waals surface area contributed by atoms with Crippen molar-refractivity contribution >= 4 is 40.5 Å². The maximum absolute atomic E-state index is 11.9. The number of amides is 2. The van der Waals surface area contributed by atoms with Crippen LogP contribution in [-0.2, 0) is 16.0 Å². The van der Waals surface area contributed by atoms with Crippen molar-refractivity contribution in [2.45, 2.75) is 19.3 Å². The monoisotopic (exact) mass is 385 g/mol. The van der Waals surface area contributed by atoms with Gasteiger partial charge in [0.25, 0.3) is 0 Å². The first-order valence-electron chi connectivity index (χ1n) is 8.98. The summed E-state index contributed by atoms with van der Waals surface area (Å²) in [6.45, 7) is 1.55. The predicted molar refractivity (Wildman–Crippen MR) is 106 cm³/mol. The zero-order valence-corrected chi connectivity index (χ0v) is 15.5. The standard InChI is InChI=1S/C20H20ClN3O3/c21-14-3-5-17-18(11-14)24(12-20(26)23-17)8-1-9-27-15-4-6-16-13(10-15)2-7-19(25)22-16/h3-6,10-11H,1-2,7-9,12H2,(H,22,25)(H,23,26). The Labute approximate surface area is 162 Å². The minimum atomic E-state index is -0.0255. The smallest absolute Gasteiger partial charge is 0.243 e. The van der Waals surface area contributed by atoms with Gasteiger partial charge in [0.15, 0.2) is 0 Å². The van der Waals surface area contributed by atoms with Crippen LogP contribution in [0.1, 0.15) is 18.4 Å². The second-order valence-corrected chi connectivity index (χ2v) is 7.14. The Kier molecular flexibility index (Phi) is 4.90. The maximum atomic E-state index is 11.9. The highest BCUT2D eigenvalue weighted by Crippen LogP contribution is 2.32. The van der Waals surface area contributed by atoms with Crippen LogP contribution in [0.3, 0.4) is 0 Å². The lowest BCUT2D eigenvalue weighted by atomic mass is 10.0. The Morgan fingerprint density at radius 1 is 1.00 bits per heavy atom. The van der Waals surface area contributed by atoms with Crippen molar-refractivity contribution in [3.8, 4) is 5.75 Å². The Bertz CT molecular complexity index is 900. The molecule has 0 saturated heterocycles. The van der Waals surface area contributed by atoms with E-state index in [9.17, 15) is 9.59 Å². The van der Waals surface area contributed by atoms with Crippen LogP contribution in [-0.4, -0.2) is 31.5 Å². The summed E-state index contributed by atoms with van der Waals surface area (Å²) in [5.41, 5.74) is 3.69. The van der Waals surface area contributed by atoms with E-state index in [-0.39, 0.29) is 11.8 Å². The molecule has 0 bridgehead atoms. The van der Waals surface area contributed by atoms with Crippen molar-refractivity contribution in [2.24, 2.45) is 0 Å². The number of ether oxygens (including phenoxy) is 1. The van der Waals surface area contributed by atoms with Crippen LogP contribution in [0.2, 0.25) is 5.02 Å². The number of fused-ring (bicyclic) bond motifs is 2. The van der Waals surface area contributed by atoms with Gasteiger partial charge in [-0.25, -0.2) is 0 Å². The highest BCUT2D eigenvalue weighted by Gasteiger charge is 2.22. The van der Waals surface area contributed by atoms with Gasteiger partial charge in [-0.3, -0.25) is 9.59 Å². The average molecular weight is 386 g/mol. The number of rotatable bonds is 5. The molecule has 2 amide bonds. The number of hydrogen-bond acceptors (Lipinski definition) is 4. The van der Waals surface area contributed by atoms with Gasteiger partial charge < -0.3 is 20.3 Å². The van der Waals surface area contributed by atoms with Gasteiger partial charge in [0, 0.05) is 23.7 Å². The van der Waals surface area contributed by atoms with E-state index in [2.05, 4.69) is 10.6 Å². The highest BCUT2D eigenvalue weighted by atomic mass is 35.5. The fourth-order valence-electron chi connectivity index (χ4n) is 3.41. The van der Waals surface area contributed by atoms with Crippen molar-refractivity contribution in [3.05, 3.63) is 47.0 Å². The van der Waals surface area contributed by atoms with Crippen molar-refractivity contribution in [3.63, 3.8) is 0 Å². The molecule has 2 N–H and O–H groups in total.